The summed E-state index contributed by atoms with van der Waals surface area (Å²) in [5.74, 6) is 0. The number of allylic oxidation sites excluding steroid dienone is 2. The van der Waals surface area contributed by atoms with Crippen molar-refractivity contribution in [1.29, 1.82) is 0 Å². The Morgan fingerprint density at radius 2 is 1.69 bits per heavy atom. The normalized spacial score (nSPS) is 19.8. The lowest BCUT2D eigenvalue weighted by atomic mass is 9.74. The van der Waals surface area contributed by atoms with Crippen molar-refractivity contribution in [1.82, 2.24) is 0 Å². The minimum absolute atomic E-state index is 0.258. The molecule has 84 valence electrons. The van der Waals surface area contributed by atoms with E-state index >= 15 is 0 Å². The Bertz CT molecular complexity index is 353. The highest BCUT2D eigenvalue weighted by Gasteiger charge is 2.25. The Hall–Kier alpha value is -1.30. The monoisotopic (exact) mass is 212 g/mol. The maximum absolute atomic E-state index is 4.02. The summed E-state index contributed by atoms with van der Waals surface area (Å²) in [6.45, 7) is 4.02. The molecule has 0 aliphatic heterocycles. The second kappa shape index (κ2) is 5.16. The average molecular weight is 212 g/mol. The third-order valence-electron chi connectivity index (χ3n) is 3.60. The van der Waals surface area contributed by atoms with Crippen LogP contribution in [0.2, 0.25) is 0 Å². The summed E-state index contributed by atoms with van der Waals surface area (Å²) in [4.78, 5) is 0. The van der Waals surface area contributed by atoms with Crippen LogP contribution in [-0.4, -0.2) is 0 Å². The van der Waals surface area contributed by atoms with Gasteiger partial charge in [-0.05, 0) is 18.4 Å². The molecule has 1 aromatic rings. The van der Waals surface area contributed by atoms with E-state index in [2.05, 4.69) is 55.1 Å². The summed E-state index contributed by atoms with van der Waals surface area (Å²) in [5, 5.41) is 0. The van der Waals surface area contributed by atoms with Gasteiger partial charge in [0.2, 0.25) is 0 Å². The van der Waals surface area contributed by atoms with Gasteiger partial charge in [-0.1, -0.05) is 67.8 Å². The summed E-state index contributed by atoms with van der Waals surface area (Å²) < 4.78 is 0. The van der Waals surface area contributed by atoms with Crippen molar-refractivity contribution in [2.45, 2.75) is 32.1 Å². The van der Waals surface area contributed by atoms with Crippen LogP contribution >= 0.6 is 0 Å². The second-order valence-electron chi connectivity index (χ2n) is 4.74. The third kappa shape index (κ3) is 2.63. The van der Waals surface area contributed by atoms with Crippen LogP contribution in [0.1, 0.15) is 37.7 Å². The zero-order valence-corrected chi connectivity index (χ0v) is 9.86. The number of hydrogen-bond donors (Lipinski definition) is 0. The van der Waals surface area contributed by atoms with E-state index in [9.17, 15) is 0 Å². The summed E-state index contributed by atoms with van der Waals surface area (Å²) in [6, 6.07) is 10.5. The SMILES string of the molecule is C=CC1(C=Cc2ccccc2)CCCCC1. The predicted molar refractivity (Wildman–Crippen MR) is 71.2 cm³/mol. The zero-order chi connectivity index (χ0) is 11.3. The number of hydrogen-bond acceptors (Lipinski definition) is 0. The van der Waals surface area contributed by atoms with Gasteiger partial charge in [0.1, 0.15) is 0 Å². The molecule has 1 saturated carbocycles. The molecule has 16 heavy (non-hydrogen) atoms. The summed E-state index contributed by atoms with van der Waals surface area (Å²) in [5.41, 5.74) is 1.54. The third-order valence-corrected chi connectivity index (χ3v) is 3.60. The highest BCUT2D eigenvalue weighted by Crippen LogP contribution is 2.38. The molecule has 0 atom stereocenters. The molecule has 0 radical (unpaired) electrons. The Morgan fingerprint density at radius 1 is 1.00 bits per heavy atom. The minimum Gasteiger partial charge on any atom is -0.102 e. The average Bonchev–Trinajstić information content (AvgIpc) is 2.39. The van der Waals surface area contributed by atoms with Crippen molar-refractivity contribution < 1.29 is 0 Å². The van der Waals surface area contributed by atoms with Crippen LogP contribution in [-0.2, 0) is 0 Å². The Morgan fingerprint density at radius 3 is 2.31 bits per heavy atom. The fraction of sp³-hybridized carbons (Fsp3) is 0.375. The van der Waals surface area contributed by atoms with Gasteiger partial charge in [-0.15, -0.1) is 6.58 Å². The Labute approximate surface area is 98.7 Å². The van der Waals surface area contributed by atoms with Crippen molar-refractivity contribution >= 4 is 6.08 Å². The van der Waals surface area contributed by atoms with Gasteiger partial charge in [0.05, 0.1) is 0 Å². The van der Waals surface area contributed by atoms with E-state index in [0.29, 0.717) is 0 Å². The fourth-order valence-corrected chi connectivity index (χ4v) is 2.48. The van der Waals surface area contributed by atoms with E-state index in [-0.39, 0.29) is 5.41 Å². The van der Waals surface area contributed by atoms with E-state index in [1.165, 1.54) is 37.7 Å². The molecular weight excluding hydrogens is 192 g/mol. The molecule has 0 spiro atoms. The number of rotatable bonds is 3. The highest BCUT2D eigenvalue weighted by molar-refractivity contribution is 5.50. The lowest BCUT2D eigenvalue weighted by Crippen LogP contribution is -2.18. The molecule has 1 aliphatic carbocycles. The molecule has 0 bridgehead atoms. The van der Waals surface area contributed by atoms with Crippen LogP contribution in [0.15, 0.2) is 49.1 Å². The Balaban J connectivity index is 2.12. The summed E-state index contributed by atoms with van der Waals surface area (Å²) >= 11 is 0. The van der Waals surface area contributed by atoms with Gasteiger partial charge in [0.15, 0.2) is 0 Å². The van der Waals surface area contributed by atoms with Crippen LogP contribution in [0.25, 0.3) is 6.08 Å². The minimum atomic E-state index is 0.258. The molecule has 0 heteroatoms. The van der Waals surface area contributed by atoms with Crippen LogP contribution in [0.3, 0.4) is 0 Å². The van der Waals surface area contributed by atoms with Gasteiger partial charge in [-0.3, -0.25) is 0 Å². The van der Waals surface area contributed by atoms with Gasteiger partial charge in [0, 0.05) is 5.41 Å². The molecule has 0 nitrogen and oxygen atoms in total. The predicted octanol–water partition coefficient (Wildman–Crippen LogP) is 4.84. The fourth-order valence-electron chi connectivity index (χ4n) is 2.48. The molecule has 1 aromatic carbocycles. The molecule has 2 rings (SSSR count). The van der Waals surface area contributed by atoms with Crippen LogP contribution in [0.4, 0.5) is 0 Å². The standard InChI is InChI=1S/C16H20/c1-2-16(12-7-4-8-13-16)14-11-15-9-5-3-6-10-15/h2-3,5-6,9-11,14H,1,4,7-8,12-13H2. The maximum atomic E-state index is 4.02. The molecule has 0 saturated heterocycles. The molecule has 0 heterocycles. The molecule has 0 N–H and O–H groups in total. The quantitative estimate of drug-likeness (QED) is 0.629. The zero-order valence-electron chi connectivity index (χ0n) is 9.86. The lowest BCUT2D eigenvalue weighted by Gasteiger charge is -2.31. The first-order chi connectivity index (χ1) is 7.85. The molecule has 0 amide bonds. The van der Waals surface area contributed by atoms with Crippen LogP contribution in [0.5, 0.6) is 0 Å². The van der Waals surface area contributed by atoms with Crippen LogP contribution in [0, 0.1) is 5.41 Å². The van der Waals surface area contributed by atoms with E-state index in [4.69, 9.17) is 0 Å². The molecule has 1 fully saturated rings. The number of benzene rings is 1. The molecular formula is C16H20. The van der Waals surface area contributed by atoms with Crippen molar-refractivity contribution in [3.8, 4) is 0 Å². The maximum Gasteiger partial charge on any atom is 0.00616 e. The highest BCUT2D eigenvalue weighted by atomic mass is 14.3. The van der Waals surface area contributed by atoms with E-state index in [0.717, 1.165) is 0 Å². The van der Waals surface area contributed by atoms with Gasteiger partial charge in [-0.2, -0.15) is 0 Å². The van der Waals surface area contributed by atoms with Crippen molar-refractivity contribution in [2.24, 2.45) is 5.41 Å². The van der Waals surface area contributed by atoms with Gasteiger partial charge in [0.25, 0.3) is 0 Å². The summed E-state index contributed by atoms with van der Waals surface area (Å²) in [6.07, 6.45) is 13.3. The first kappa shape index (κ1) is 11.2. The van der Waals surface area contributed by atoms with E-state index in [1.54, 1.807) is 0 Å². The van der Waals surface area contributed by atoms with Gasteiger partial charge < -0.3 is 0 Å². The molecule has 1 aliphatic rings. The van der Waals surface area contributed by atoms with E-state index in [1.807, 2.05) is 0 Å². The van der Waals surface area contributed by atoms with Crippen molar-refractivity contribution in [3.63, 3.8) is 0 Å². The largest absolute Gasteiger partial charge is 0.102 e. The van der Waals surface area contributed by atoms with Crippen molar-refractivity contribution in [2.75, 3.05) is 0 Å². The first-order valence-electron chi connectivity index (χ1n) is 6.23. The molecule has 0 aromatic heterocycles. The topological polar surface area (TPSA) is 0 Å². The van der Waals surface area contributed by atoms with Crippen molar-refractivity contribution in [3.05, 3.63) is 54.6 Å². The second-order valence-corrected chi connectivity index (χ2v) is 4.74. The first-order valence-corrected chi connectivity index (χ1v) is 6.23. The molecule has 0 unspecified atom stereocenters. The van der Waals surface area contributed by atoms with Gasteiger partial charge in [-0.25, -0.2) is 0 Å². The van der Waals surface area contributed by atoms with Gasteiger partial charge >= 0.3 is 0 Å². The van der Waals surface area contributed by atoms with Crippen LogP contribution < -0.4 is 0 Å². The Kier molecular flexibility index (Phi) is 3.61. The summed E-state index contributed by atoms with van der Waals surface area (Å²) in [7, 11) is 0. The van der Waals surface area contributed by atoms with E-state index < -0.39 is 0 Å². The smallest absolute Gasteiger partial charge is 0.00616 e. The lowest BCUT2D eigenvalue weighted by molar-refractivity contribution is 0.328.